The molecule has 18 heavy (non-hydrogen) atoms. The first-order valence-corrected chi connectivity index (χ1v) is 5.86. The topological polar surface area (TPSA) is 59.8 Å². The number of amides is 1. The van der Waals surface area contributed by atoms with E-state index in [0.717, 1.165) is 5.69 Å². The molecule has 0 spiro atoms. The number of halogens is 2. The molecule has 2 heterocycles. The molecule has 0 aliphatic carbocycles. The second-order valence-corrected chi connectivity index (χ2v) is 4.42. The van der Waals surface area contributed by atoms with E-state index in [0.29, 0.717) is 5.69 Å². The summed E-state index contributed by atoms with van der Waals surface area (Å²) in [6.45, 7) is 1.91. The van der Waals surface area contributed by atoms with Crippen molar-refractivity contribution >= 4 is 34.8 Å². The average molecular weight is 285 g/mol. The molecule has 2 aromatic rings. The Morgan fingerprint density at radius 1 is 1.28 bits per heavy atom. The lowest BCUT2D eigenvalue weighted by molar-refractivity contribution is 0.101. The molecule has 2 rings (SSSR count). The number of carbonyl (C=O) groups excluding carboxylic acids is 1. The summed E-state index contributed by atoms with van der Waals surface area (Å²) in [4.78, 5) is 19.6. The van der Waals surface area contributed by atoms with Crippen LogP contribution < -0.4 is 5.32 Å². The van der Waals surface area contributed by atoms with Crippen molar-refractivity contribution in [3.8, 4) is 0 Å². The second kappa shape index (κ2) is 4.96. The number of aryl methyl sites for hydroxylation is 1. The number of hydrogen-bond acceptors (Lipinski definition) is 3. The Bertz CT molecular complexity index is 589. The molecule has 0 saturated carbocycles. The number of rotatable bonds is 2. The van der Waals surface area contributed by atoms with E-state index in [2.05, 4.69) is 15.3 Å². The van der Waals surface area contributed by atoms with Gasteiger partial charge in [-0.25, -0.2) is 9.97 Å². The average Bonchev–Trinajstić information content (AvgIpc) is 2.65. The number of carbonyl (C=O) groups is 1. The van der Waals surface area contributed by atoms with Crippen molar-refractivity contribution in [2.24, 2.45) is 7.05 Å². The molecule has 0 bridgehead atoms. The van der Waals surface area contributed by atoms with Gasteiger partial charge < -0.3 is 9.88 Å². The Balaban J connectivity index is 2.30. The second-order valence-electron chi connectivity index (χ2n) is 3.70. The van der Waals surface area contributed by atoms with Crippen LogP contribution >= 0.6 is 23.2 Å². The molecule has 5 nitrogen and oxygen atoms in total. The molecule has 0 radical (unpaired) electrons. The van der Waals surface area contributed by atoms with Crippen molar-refractivity contribution in [2.75, 3.05) is 5.32 Å². The first-order valence-electron chi connectivity index (χ1n) is 5.10. The van der Waals surface area contributed by atoms with E-state index >= 15 is 0 Å². The summed E-state index contributed by atoms with van der Waals surface area (Å²) in [7, 11) is 1.80. The van der Waals surface area contributed by atoms with E-state index in [4.69, 9.17) is 23.2 Å². The summed E-state index contributed by atoms with van der Waals surface area (Å²) in [5.74, 6) is -0.316. The molecule has 0 aliphatic rings. The number of nitrogens with zero attached hydrogens (tertiary/aromatic N) is 3. The highest BCUT2D eigenvalue weighted by molar-refractivity contribution is 6.38. The lowest BCUT2D eigenvalue weighted by Crippen LogP contribution is -2.17. The van der Waals surface area contributed by atoms with Gasteiger partial charge in [0, 0.05) is 12.7 Å². The van der Waals surface area contributed by atoms with Crippen LogP contribution in [0.15, 0.2) is 18.5 Å². The first kappa shape index (κ1) is 12.9. The van der Waals surface area contributed by atoms with Crippen LogP contribution in [0.2, 0.25) is 10.3 Å². The van der Waals surface area contributed by atoms with Gasteiger partial charge >= 0.3 is 0 Å². The lowest BCUT2D eigenvalue weighted by atomic mass is 10.4. The highest BCUT2D eigenvalue weighted by Crippen LogP contribution is 2.26. The third-order valence-electron chi connectivity index (χ3n) is 2.60. The van der Waals surface area contributed by atoms with Crippen molar-refractivity contribution in [1.82, 2.24) is 14.5 Å². The highest BCUT2D eigenvalue weighted by atomic mass is 35.5. The van der Waals surface area contributed by atoms with Crippen LogP contribution in [0, 0.1) is 6.92 Å². The van der Waals surface area contributed by atoms with Gasteiger partial charge in [0.1, 0.15) is 17.7 Å². The molecule has 0 saturated heterocycles. The van der Waals surface area contributed by atoms with Gasteiger partial charge in [-0.3, -0.25) is 4.79 Å². The minimum Gasteiger partial charge on any atom is -0.344 e. The number of aromatic nitrogens is 3. The predicted molar refractivity (Wildman–Crippen MR) is 70.2 cm³/mol. The van der Waals surface area contributed by atoms with Crippen LogP contribution in [-0.2, 0) is 7.05 Å². The summed E-state index contributed by atoms with van der Waals surface area (Å²) >= 11 is 11.7. The standard InChI is InChI=1S/C11H10Cl2N4O/c1-6-3-4-7(17(6)2)11(18)16-8-9(12)14-5-15-10(8)13/h3-5H,1-2H3,(H,16,18). The molecule has 94 valence electrons. The Morgan fingerprint density at radius 3 is 2.39 bits per heavy atom. The van der Waals surface area contributed by atoms with E-state index in [1.165, 1.54) is 6.33 Å². The summed E-state index contributed by atoms with van der Waals surface area (Å²) in [6.07, 6.45) is 1.23. The fourth-order valence-corrected chi connectivity index (χ4v) is 1.88. The number of hydrogen-bond donors (Lipinski definition) is 1. The third kappa shape index (κ3) is 2.32. The highest BCUT2D eigenvalue weighted by Gasteiger charge is 2.15. The monoisotopic (exact) mass is 284 g/mol. The van der Waals surface area contributed by atoms with Crippen LogP contribution in [-0.4, -0.2) is 20.4 Å². The number of anilines is 1. The first-order chi connectivity index (χ1) is 8.50. The molecule has 0 unspecified atom stereocenters. The number of nitrogens with one attached hydrogen (secondary N) is 1. The Morgan fingerprint density at radius 2 is 1.89 bits per heavy atom. The van der Waals surface area contributed by atoms with Gasteiger partial charge in [0.25, 0.3) is 5.91 Å². The minimum absolute atomic E-state index is 0.106. The maximum atomic E-state index is 12.0. The maximum Gasteiger partial charge on any atom is 0.272 e. The van der Waals surface area contributed by atoms with E-state index in [9.17, 15) is 4.79 Å². The fraction of sp³-hybridized carbons (Fsp3) is 0.182. The Labute approximate surface area is 114 Å². The van der Waals surface area contributed by atoms with Crippen molar-refractivity contribution in [1.29, 1.82) is 0 Å². The van der Waals surface area contributed by atoms with Gasteiger partial charge in [0.05, 0.1) is 0 Å². The molecule has 7 heteroatoms. The van der Waals surface area contributed by atoms with Gasteiger partial charge in [-0.2, -0.15) is 0 Å². The summed E-state index contributed by atoms with van der Waals surface area (Å²) in [5.41, 5.74) is 1.69. The zero-order valence-corrected chi connectivity index (χ0v) is 11.2. The van der Waals surface area contributed by atoms with Gasteiger partial charge in [-0.05, 0) is 19.1 Å². The van der Waals surface area contributed by atoms with Crippen molar-refractivity contribution in [3.05, 3.63) is 40.2 Å². The zero-order chi connectivity index (χ0) is 13.3. The van der Waals surface area contributed by atoms with Crippen LogP contribution in [0.4, 0.5) is 5.69 Å². The van der Waals surface area contributed by atoms with Crippen molar-refractivity contribution in [3.63, 3.8) is 0 Å². The SMILES string of the molecule is Cc1ccc(C(=O)Nc2c(Cl)ncnc2Cl)n1C. The van der Waals surface area contributed by atoms with Gasteiger partial charge in [0.15, 0.2) is 10.3 Å². The Hall–Kier alpha value is -1.59. The fourth-order valence-electron chi connectivity index (χ4n) is 1.47. The van der Waals surface area contributed by atoms with Crippen LogP contribution in [0.25, 0.3) is 0 Å². The van der Waals surface area contributed by atoms with Crippen LogP contribution in [0.3, 0.4) is 0 Å². The largest absolute Gasteiger partial charge is 0.344 e. The maximum absolute atomic E-state index is 12.0. The lowest BCUT2D eigenvalue weighted by Gasteiger charge is -2.08. The normalized spacial score (nSPS) is 10.4. The van der Waals surface area contributed by atoms with Crippen LogP contribution in [0.5, 0.6) is 0 Å². The molecule has 0 aliphatic heterocycles. The van der Waals surface area contributed by atoms with Crippen molar-refractivity contribution < 1.29 is 4.79 Å². The van der Waals surface area contributed by atoms with E-state index < -0.39 is 0 Å². The van der Waals surface area contributed by atoms with Crippen LogP contribution in [0.1, 0.15) is 16.2 Å². The van der Waals surface area contributed by atoms with Gasteiger partial charge in [-0.15, -0.1) is 0 Å². The van der Waals surface area contributed by atoms with E-state index in [1.54, 1.807) is 17.7 Å². The molecule has 2 aromatic heterocycles. The van der Waals surface area contributed by atoms with Gasteiger partial charge in [-0.1, -0.05) is 23.2 Å². The molecule has 0 aromatic carbocycles. The van der Waals surface area contributed by atoms with Crippen molar-refractivity contribution in [2.45, 2.75) is 6.92 Å². The predicted octanol–water partition coefficient (Wildman–Crippen LogP) is 2.68. The van der Waals surface area contributed by atoms with Gasteiger partial charge in [0.2, 0.25) is 0 Å². The summed E-state index contributed by atoms with van der Waals surface area (Å²) < 4.78 is 1.76. The van der Waals surface area contributed by atoms with E-state index in [-0.39, 0.29) is 21.9 Å². The molecule has 0 atom stereocenters. The molecular weight excluding hydrogens is 275 g/mol. The third-order valence-corrected chi connectivity index (χ3v) is 3.17. The molecule has 1 amide bonds. The minimum atomic E-state index is -0.316. The molecule has 0 fully saturated rings. The quantitative estimate of drug-likeness (QED) is 0.863. The summed E-state index contributed by atoms with van der Waals surface area (Å²) in [6, 6.07) is 3.57. The summed E-state index contributed by atoms with van der Waals surface area (Å²) in [5, 5.41) is 2.81. The zero-order valence-electron chi connectivity index (χ0n) is 9.74. The Kier molecular flexibility index (Phi) is 3.54. The molecule has 1 N–H and O–H groups in total. The van der Waals surface area contributed by atoms with E-state index in [1.807, 2.05) is 13.0 Å². The molecular formula is C11H10Cl2N4O. The smallest absolute Gasteiger partial charge is 0.272 e.